The number of nitrogens with zero attached hydrogens (tertiary/aromatic N) is 1. The first-order chi connectivity index (χ1) is 9.11. The van der Waals surface area contributed by atoms with Crippen molar-refractivity contribution in [1.29, 1.82) is 0 Å². The number of ether oxygens (including phenoxy) is 1. The molecule has 98 valence electrons. The minimum absolute atomic E-state index is 0.0230. The summed E-state index contributed by atoms with van der Waals surface area (Å²) in [5, 5.41) is 10.8. The van der Waals surface area contributed by atoms with Crippen molar-refractivity contribution < 1.29 is 14.1 Å². The van der Waals surface area contributed by atoms with Crippen molar-refractivity contribution in [2.24, 2.45) is 0 Å². The molecule has 0 unspecified atom stereocenters. The second-order valence-electron chi connectivity index (χ2n) is 3.71. The van der Waals surface area contributed by atoms with Crippen molar-refractivity contribution in [3.8, 4) is 11.5 Å². The molecule has 0 heterocycles. The summed E-state index contributed by atoms with van der Waals surface area (Å²) in [5.74, 6) is -0.179. The highest BCUT2D eigenvalue weighted by molar-refractivity contribution is 6.17. The highest BCUT2D eigenvalue weighted by Crippen LogP contribution is 2.29. The first kappa shape index (κ1) is 13.3. The number of benzene rings is 2. The fourth-order valence-corrected chi connectivity index (χ4v) is 1.78. The smallest absolute Gasteiger partial charge is 0.274 e. The lowest BCUT2D eigenvalue weighted by Gasteiger charge is -2.07. The van der Waals surface area contributed by atoms with Crippen molar-refractivity contribution in [2.45, 2.75) is 5.88 Å². The molecule has 0 aliphatic carbocycles. The predicted octanol–water partition coefficient (Wildman–Crippen LogP) is 4.27. The number of nitro benzene ring substituents is 1. The molecule has 0 aliphatic rings. The molecule has 0 radical (unpaired) electrons. The zero-order chi connectivity index (χ0) is 13.8. The van der Waals surface area contributed by atoms with Crippen LogP contribution >= 0.6 is 11.6 Å². The molecule has 0 aromatic heterocycles. The summed E-state index contributed by atoms with van der Waals surface area (Å²) in [6.45, 7) is 0. The van der Waals surface area contributed by atoms with Gasteiger partial charge in [-0.2, -0.15) is 0 Å². The van der Waals surface area contributed by atoms with Crippen molar-refractivity contribution in [3.05, 3.63) is 64.0 Å². The van der Waals surface area contributed by atoms with E-state index in [4.69, 9.17) is 16.3 Å². The van der Waals surface area contributed by atoms with Crippen molar-refractivity contribution in [3.63, 3.8) is 0 Å². The van der Waals surface area contributed by atoms with Gasteiger partial charge in [-0.1, -0.05) is 12.1 Å². The van der Waals surface area contributed by atoms with Crippen LogP contribution in [0, 0.1) is 15.9 Å². The van der Waals surface area contributed by atoms with Gasteiger partial charge in [0.25, 0.3) is 5.69 Å². The standard InChI is InChI=1S/C13H9ClFNO3/c14-8-9-7-10(5-6-12(9)16(17)18)19-13-4-2-1-3-11(13)15/h1-7H,8H2. The summed E-state index contributed by atoms with van der Waals surface area (Å²) in [5.41, 5.74) is 0.233. The first-order valence-electron chi connectivity index (χ1n) is 5.37. The molecule has 2 aromatic rings. The molecule has 0 aliphatic heterocycles. The lowest BCUT2D eigenvalue weighted by Crippen LogP contribution is -1.95. The zero-order valence-electron chi connectivity index (χ0n) is 9.68. The van der Waals surface area contributed by atoms with Gasteiger partial charge in [0.1, 0.15) is 5.75 Å². The van der Waals surface area contributed by atoms with Crippen LogP contribution in [0.15, 0.2) is 42.5 Å². The lowest BCUT2D eigenvalue weighted by atomic mass is 10.2. The van der Waals surface area contributed by atoms with Crippen LogP contribution in [-0.2, 0) is 5.88 Å². The molecular weight excluding hydrogens is 273 g/mol. The Morgan fingerprint density at radius 2 is 2.00 bits per heavy atom. The van der Waals surface area contributed by atoms with E-state index in [0.29, 0.717) is 11.3 Å². The molecule has 0 fully saturated rings. The predicted molar refractivity (Wildman–Crippen MR) is 69.1 cm³/mol. The number of alkyl halides is 1. The quantitative estimate of drug-likeness (QED) is 0.478. The van der Waals surface area contributed by atoms with Gasteiger partial charge in [-0.05, 0) is 24.3 Å². The van der Waals surface area contributed by atoms with Crippen LogP contribution in [0.3, 0.4) is 0 Å². The molecule has 19 heavy (non-hydrogen) atoms. The van der Waals surface area contributed by atoms with Crippen LogP contribution in [0.2, 0.25) is 0 Å². The Kier molecular flexibility index (Phi) is 3.97. The second kappa shape index (κ2) is 5.67. The van der Waals surface area contributed by atoms with E-state index in [-0.39, 0.29) is 17.3 Å². The fourth-order valence-electron chi connectivity index (χ4n) is 1.56. The SMILES string of the molecule is O=[N+]([O-])c1ccc(Oc2ccccc2F)cc1CCl. The number of para-hydroxylation sites is 1. The van der Waals surface area contributed by atoms with E-state index in [2.05, 4.69) is 0 Å². The van der Waals surface area contributed by atoms with E-state index >= 15 is 0 Å². The van der Waals surface area contributed by atoms with Gasteiger partial charge in [-0.15, -0.1) is 11.6 Å². The van der Waals surface area contributed by atoms with E-state index in [0.717, 1.165) is 0 Å². The molecule has 4 nitrogen and oxygen atoms in total. The van der Waals surface area contributed by atoms with E-state index in [1.807, 2.05) is 0 Å². The lowest BCUT2D eigenvalue weighted by molar-refractivity contribution is -0.385. The average molecular weight is 282 g/mol. The van der Waals surface area contributed by atoms with Gasteiger partial charge in [0.05, 0.1) is 10.8 Å². The molecule has 0 bridgehead atoms. The number of nitro groups is 1. The fraction of sp³-hybridized carbons (Fsp3) is 0.0769. The zero-order valence-corrected chi connectivity index (χ0v) is 10.4. The molecule has 6 heteroatoms. The van der Waals surface area contributed by atoms with Gasteiger partial charge in [0.2, 0.25) is 0 Å². The maximum Gasteiger partial charge on any atom is 0.274 e. The van der Waals surface area contributed by atoms with Crippen LogP contribution in [0.25, 0.3) is 0 Å². The molecule has 0 N–H and O–H groups in total. The second-order valence-corrected chi connectivity index (χ2v) is 3.98. The molecular formula is C13H9ClFNO3. The number of halogens is 2. The van der Waals surface area contributed by atoms with Gasteiger partial charge >= 0.3 is 0 Å². The van der Waals surface area contributed by atoms with Gasteiger partial charge < -0.3 is 4.74 Å². The van der Waals surface area contributed by atoms with Crippen LogP contribution < -0.4 is 4.74 Å². The van der Waals surface area contributed by atoms with Crippen molar-refractivity contribution >= 4 is 17.3 Å². The topological polar surface area (TPSA) is 52.4 Å². The molecule has 0 atom stereocenters. The minimum atomic E-state index is -0.523. The number of rotatable bonds is 4. The van der Waals surface area contributed by atoms with E-state index in [1.54, 1.807) is 12.1 Å². The van der Waals surface area contributed by atoms with Gasteiger partial charge in [-0.3, -0.25) is 10.1 Å². The van der Waals surface area contributed by atoms with Crippen LogP contribution in [0.4, 0.5) is 10.1 Å². The van der Waals surface area contributed by atoms with E-state index in [1.165, 1.54) is 30.3 Å². The summed E-state index contributed by atoms with van der Waals surface area (Å²) < 4.78 is 18.7. The Balaban J connectivity index is 2.32. The van der Waals surface area contributed by atoms with Crippen LogP contribution in [0.1, 0.15) is 5.56 Å². The molecule has 0 saturated carbocycles. The summed E-state index contributed by atoms with van der Waals surface area (Å²) >= 11 is 5.65. The highest BCUT2D eigenvalue weighted by Gasteiger charge is 2.14. The van der Waals surface area contributed by atoms with Gasteiger partial charge in [-0.25, -0.2) is 4.39 Å². The minimum Gasteiger partial charge on any atom is -0.454 e. The summed E-state index contributed by atoms with van der Waals surface area (Å²) in [7, 11) is 0. The molecule has 0 amide bonds. The molecule has 2 aromatic carbocycles. The monoisotopic (exact) mass is 281 g/mol. The Hall–Kier alpha value is -2.14. The maximum absolute atomic E-state index is 13.4. The average Bonchev–Trinajstić information content (AvgIpc) is 2.41. The summed E-state index contributed by atoms with van der Waals surface area (Å²) in [6.07, 6.45) is 0. The third kappa shape index (κ3) is 3.00. The first-order valence-corrected chi connectivity index (χ1v) is 5.91. The third-order valence-corrected chi connectivity index (χ3v) is 2.74. The van der Waals surface area contributed by atoms with Gasteiger partial charge in [0.15, 0.2) is 11.6 Å². The Labute approximate surface area is 113 Å². The maximum atomic E-state index is 13.4. The van der Waals surface area contributed by atoms with Crippen molar-refractivity contribution in [2.75, 3.05) is 0 Å². The van der Waals surface area contributed by atoms with Crippen molar-refractivity contribution in [1.82, 2.24) is 0 Å². The number of hydrogen-bond acceptors (Lipinski definition) is 3. The Bertz CT molecular complexity index is 619. The number of hydrogen-bond donors (Lipinski definition) is 0. The highest BCUT2D eigenvalue weighted by atomic mass is 35.5. The molecule has 2 rings (SSSR count). The third-order valence-electron chi connectivity index (χ3n) is 2.46. The van der Waals surface area contributed by atoms with E-state index in [9.17, 15) is 14.5 Å². The Morgan fingerprint density at radius 3 is 2.63 bits per heavy atom. The largest absolute Gasteiger partial charge is 0.454 e. The normalized spacial score (nSPS) is 10.2. The van der Waals surface area contributed by atoms with Crippen LogP contribution in [0.5, 0.6) is 11.5 Å². The summed E-state index contributed by atoms with van der Waals surface area (Å²) in [6, 6.07) is 10.0. The van der Waals surface area contributed by atoms with E-state index < -0.39 is 10.7 Å². The Morgan fingerprint density at radius 1 is 1.26 bits per heavy atom. The van der Waals surface area contributed by atoms with Gasteiger partial charge in [0, 0.05) is 11.6 Å². The van der Waals surface area contributed by atoms with Crippen LogP contribution in [-0.4, -0.2) is 4.92 Å². The molecule has 0 spiro atoms. The molecule has 0 saturated heterocycles. The summed E-state index contributed by atoms with van der Waals surface area (Å²) in [4.78, 5) is 10.2.